The van der Waals surface area contributed by atoms with Crippen LogP contribution >= 0.6 is 0 Å². The molecule has 42 heavy (non-hydrogen) atoms. The van der Waals surface area contributed by atoms with Gasteiger partial charge in [0.1, 0.15) is 18.5 Å². The number of piperidine rings is 1. The fourth-order valence-electron chi connectivity index (χ4n) is 5.16. The predicted octanol–water partition coefficient (Wildman–Crippen LogP) is 5.94. The summed E-state index contributed by atoms with van der Waals surface area (Å²) in [6, 6.07) is 11.5. The van der Waals surface area contributed by atoms with Crippen molar-refractivity contribution in [2.75, 3.05) is 44.0 Å². The van der Waals surface area contributed by atoms with Crippen LogP contribution in [0.2, 0.25) is 0 Å². The molecule has 3 N–H and O–H groups in total. The van der Waals surface area contributed by atoms with E-state index in [9.17, 15) is 18.3 Å². The number of likely N-dealkylation sites (tertiary alicyclic amines) is 1. The van der Waals surface area contributed by atoms with E-state index in [0.29, 0.717) is 53.2 Å². The summed E-state index contributed by atoms with van der Waals surface area (Å²) < 4.78 is 67.6. The third kappa shape index (κ3) is 7.68. The van der Waals surface area contributed by atoms with Crippen LogP contribution in [0.1, 0.15) is 44.7 Å². The minimum Gasteiger partial charge on any atom is -0.495 e. The maximum atomic E-state index is 15.0. The molecular weight excluding hydrogens is 552 g/mol. The first-order chi connectivity index (χ1) is 20.0. The van der Waals surface area contributed by atoms with E-state index in [1.54, 1.807) is 49.4 Å². The molecule has 7 nitrogen and oxygen atoms in total. The Labute approximate surface area is 243 Å². The van der Waals surface area contributed by atoms with E-state index in [-0.39, 0.29) is 18.3 Å². The number of anilines is 2. The van der Waals surface area contributed by atoms with Crippen molar-refractivity contribution in [3.05, 3.63) is 53.7 Å². The van der Waals surface area contributed by atoms with Crippen molar-refractivity contribution in [1.82, 2.24) is 9.47 Å². The van der Waals surface area contributed by atoms with Crippen LogP contribution in [-0.4, -0.2) is 72.4 Å². The SMILES string of the molecule is CCOC(O)c1ccc(NCC#Cc2cc3c(N[C@@H]4CCN(C(C)C)C[C@@H]4F)cccc3n2CC(F)(F)F)c(OC)c1. The second-order valence-electron chi connectivity index (χ2n) is 10.5. The average Bonchev–Trinajstić information content (AvgIpc) is 3.28. The normalized spacial score (nSPS) is 18.5. The Morgan fingerprint density at radius 1 is 1.14 bits per heavy atom. The summed E-state index contributed by atoms with van der Waals surface area (Å²) in [6.45, 7) is 6.16. The Hall–Kier alpha value is -3.46. The Morgan fingerprint density at radius 3 is 2.60 bits per heavy atom. The topological polar surface area (TPSA) is 70.9 Å². The highest BCUT2D eigenvalue weighted by Crippen LogP contribution is 2.32. The molecular formula is C31H38F4N4O3. The van der Waals surface area contributed by atoms with Gasteiger partial charge in [0, 0.05) is 42.4 Å². The summed E-state index contributed by atoms with van der Waals surface area (Å²) in [6.07, 6.45) is -6.06. The van der Waals surface area contributed by atoms with Gasteiger partial charge in [-0.25, -0.2) is 4.39 Å². The molecule has 0 amide bonds. The van der Waals surface area contributed by atoms with Gasteiger partial charge in [0.15, 0.2) is 6.29 Å². The van der Waals surface area contributed by atoms with Crippen LogP contribution in [-0.2, 0) is 11.3 Å². The number of aliphatic hydroxyl groups is 1. The first-order valence-electron chi connectivity index (χ1n) is 14.0. The van der Waals surface area contributed by atoms with E-state index in [4.69, 9.17) is 9.47 Å². The zero-order valence-corrected chi connectivity index (χ0v) is 24.3. The summed E-state index contributed by atoms with van der Waals surface area (Å²) >= 11 is 0. The van der Waals surface area contributed by atoms with Gasteiger partial charge in [-0.15, -0.1) is 0 Å². The Morgan fingerprint density at radius 2 is 1.93 bits per heavy atom. The van der Waals surface area contributed by atoms with E-state index in [0.717, 1.165) is 11.1 Å². The van der Waals surface area contributed by atoms with Crippen LogP contribution in [0, 0.1) is 11.8 Å². The third-order valence-electron chi connectivity index (χ3n) is 7.35. The van der Waals surface area contributed by atoms with Gasteiger partial charge in [-0.2, -0.15) is 13.2 Å². The van der Waals surface area contributed by atoms with E-state index in [1.807, 2.05) is 13.8 Å². The lowest BCUT2D eigenvalue weighted by atomic mass is 10.0. The largest absolute Gasteiger partial charge is 0.495 e. The van der Waals surface area contributed by atoms with E-state index in [2.05, 4.69) is 27.4 Å². The Bertz CT molecular complexity index is 1410. The smallest absolute Gasteiger partial charge is 0.406 e. The molecule has 228 valence electrons. The van der Waals surface area contributed by atoms with Gasteiger partial charge in [0.05, 0.1) is 36.6 Å². The highest BCUT2D eigenvalue weighted by molar-refractivity contribution is 5.94. The standard InChI is InChI=1S/C31H38F4N4O3/c1-5-42-30(40)21-11-12-27(29(16-21)41-4)36-14-7-8-22-17-23-25(9-6-10-28(23)39(22)19-31(33,34)35)37-26-13-15-38(20(2)3)18-24(26)32/h6,9-12,16-17,20,24,26,30,36-37,40H,5,13-15,18-19H2,1-4H3/t24-,26+,30?/m0/s1. The number of nitrogens with zero attached hydrogens (tertiary/aromatic N) is 2. The second-order valence-corrected chi connectivity index (χ2v) is 10.5. The average molecular weight is 591 g/mol. The minimum absolute atomic E-state index is 0.125. The number of halogens is 4. The van der Waals surface area contributed by atoms with E-state index in [1.165, 1.54) is 7.11 Å². The zero-order valence-electron chi connectivity index (χ0n) is 24.3. The number of fused-ring (bicyclic) bond motifs is 1. The molecule has 1 aromatic heterocycles. The number of hydrogen-bond donors (Lipinski definition) is 3. The number of ether oxygens (including phenoxy) is 2. The predicted molar refractivity (Wildman–Crippen MR) is 157 cm³/mol. The fourth-order valence-corrected chi connectivity index (χ4v) is 5.16. The molecule has 1 aliphatic rings. The number of aliphatic hydroxyl groups excluding tert-OH is 1. The molecule has 0 spiro atoms. The van der Waals surface area contributed by atoms with Crippen LogP contribution in [0.15, 0.2) is 42.5 Å². The zero-order chi connectivity index (χ0) is 30.4. The van der Waals surface area contributed by atoms with Gasteiger partial charge in [-0.1, -0.05) is 18.1 Å². The van der Waals surface area contributed by atoms with Crippen molar-refractivity contribution in [3.63, 3.8) is 0 Å². The lowest BCUT2D eigenvalue weighted by molar-refractivity contribution is -0.140. The molecule has 1 saturated heterocycles. The Balaban J connectivity index is 1.56. The number of benzene rings is 2. The lowest BCUT2D eigenvalue weighted by Gasteiger charge is -2.37. The molecule has 0 bridgehead atoms. The van der Waals surface area contributed by atoms with Crippen molar-refractivity contribution in [1.29, 1.82) is 0 Å². The highest BCUT2D eigenvalue weighted by atomic mass is 19.4. The second kappa shape index (κ2) is 13.7. The number of nitrogens with one attached hydrogen (secondary N) is 2. The summed E-state index contributed by atoms with van der Waals surface area (Å²) in [5.74, 6) is 6.24. The maximum absolute atomic E-state index is 15.0. The van der Waals surface area contributed by atoms with Crippen molar-refractivity contribution in [2.45, 2.75) is 64.5 Å². The monoisotopic (exact) mass is 590 g/mol. The van der Waals surface area contributed by atoms with Gasteiger partial charge >= 0.3 is 6.18 Å². The number of rotatable bonds is 10. The first-order valence-corrected chi connectivity index (χ1v) is 14.0. The molecule has 0 saturated carbocycles. The van der Waals surface area contributed by atoms with Crippen LogP contribution in [0.3, 0.4) is 0 Å². The molecule has 1 unspecified atom stereocenters. The lowest BCUT2D eigenvalue weighted by Crippen LogP contribution is -2.50. The van der Waals surface area contributed by atoms with Crippen LogP contribution in [0.25, 0.3) is 10.9 Å². The quantitative estimate of drug-likeness (QED) is 0.154. The van der Waals surface area contributed by atoms with Gasteiger partial charge in [0.25, 0.3) is 0 Å². The van der Waals surface area contributed by atoms with Crippen molar-refractivity contribution >= 4 is 22.3 Å². The fraction of sp³-hybridized carbons (Fsp3) is 0.484. The van der Waals surface area contributed by atoms with Gasteiger partial charge in [-0.05, 0) is 63.4 Å². The van der Waals surface area contributed by atoms with Crippen LogP contribution < -0.4 is 15.4 Å². The molecule has 2 heterocycles. The van der Waals surface area contributed by atoms with Gasteiger partial charge < -0.3 is 29.8 Å². The number of hydrogen-bond acceptors (Lipinski definition) is 6. The van der Waals surface area contributed by atoms with E-state index >= 15 is 4.39 Å². The maximum Gasteiger partial charge on any atom is 0.406 e. The molecule has 0 aliphatic carbocycles. The molecule has 2 aromatic carbocycles. The van der Waals surface area contributed by atoms with E-state index < -0.39 is 31.2 Å². The molecule has 3 aromatic rings. The molecule has 11 heteroatoms. The molecule has 3 atom stereocenters. The highest BCUT2D eigenvalue weighted by Gasteiger charge is 2.32. The first kappa shape index (κ1) is 31.5. The number of methoxy groups -OCH3 is 1. The Kier molecular flexibility index (Phi) is 10.2. The molecule has 0 radical (unpaired) electrons. The van der Waals surface area contributed by atoms with Crippen LogP contribution in [0.4, 0.5) is 28.9 Å². The minimum atomic E-state index is -4.46. The molecule has 1 aliphatic heterocycles. The van der Waals surface area contributed by atoms with Crippen molar-refractivity contribution in [3.8, 4) is 17.6 Å². The summed E-state index contributed by atoms with van der Waals surface area (Å²) in [4.78, 5) is 2.08. The van der Waals surface area contributed by atoms with Crippen molar-refractivity contribution in [2.24, 2.45) is 0 Å². The van der Waals surface area contributed by atoms with Crippen molar-refractivity contribution < 1.29 is 32.1 Å². The van der Waals surface area contributed by atoms with Gasteiger partial charge in [0.2, 0.25) is 0 Å². The summed E-state index contributed by atoms with van der Waals surface area (Å²) in [5.41, 5.74) is 2.28. The van der Waals surface area contributed by atoms with Gasteiger partial charge in [-0.3, -0.25) is 4.90 Å². The molecule has 4 rings (SSSR count). The molecule has 1 fully saturated rings. The number of aromatic nitrogens is 1. The van der Waals surface area contributed by atoms with Crippen LogP contribution in [0.5, 0.6) is 5.75 Å². The number of alkyl halides is 4. The summed E-state index contributed by atoms with van der Waals surface area (Å²) in [5, 5.41) is 17.0. The third-order valence-corrected chi connectivity index (χ3v) is 7.35. The summed E-state index contributed by atoms with van der Waals surface area (Å²) in [7, 11) is 1.49.